The van der Waals surface area contributed by atoms with E-state index in [2.05, 4.69) is 0 Å². The first-order chi connectivity index (χ1) is 13.6. The van der Waals surface area contributed by atoms with Crippen molar-refractivity contribution >= 4 is 13.4 Å². The van der Waals surface area contributed by atoms with Crippen molar-refractivity contribution in [3.8, 4) is 0 Å². The van der Waals surface area contributed by atoms with Crippen LogP contribution >= 0.6 is 7.60 Å². The molecule has 158 valence electrons. The molecule has 2 rings (SSSR count). The van der Waals surface area contributed by atoms with Crippen LogP contribution in [0.15, 0.2) is 60.7 Å². The fourth-order valence-electron chi connectivity index (χ4n) is 4.22. The van der Waals surface area contributed by atoms with Crippen LogP contribution in [0, 0.1) is 5.41 Å². The van der Waals surface area contributed by atoms with Crippen LogP contribution in [0.5, 0.6) is 0 Å². The topological polar surface area (TPSA) is 83.8 Å². The Kier molecular flexibility index (Phi) is 7.58. The van der Waals surface area contributed by atoms with Gasteiger partial charge in [0, 0.05) is 11.0 Å². The quantitative estimate of drug-likeness (QED) is 0.411. The number of ether oxygens (including phenoxy) is 1. The molecule has 29 heavy (non-hydrogen) atoms. The van der Waals surface area contributed by atoms with Crippen LogP contribution in [-0.2, 0) is 14.9 Å². The molecule has 2 aromatic rings. The minimum absolute atomic E-state index is 0.282. The van der Waals surface area contributed by atoms with Gasteiger partial charge in [-0.1, -0.05) is 74.5 Å². The van der Waals surface area contributed by atoms with Crippen molar-refractivity contribution in [2.75, 3.05) is 6.16 Å². The molecule has 0 aliphatic carbocycles. The summed E-state index contributed by atoms with van der Waals surface area (Å²) >= 11 is 0. The Labute approximate surface area is 173 Å². The smallest absolute Gasteiger partial charge is 0.326 e. The van der Waals surface area contributed by atoms with Crippen molar-refractivity contribution in [2.45, 2.75) is 52.2 Å². The molecule has 2 N–H and O–H groups in total. The van der Waals surface area contributed by atoms with Crippen molar-refractivity contribution in [1.82, 2.24) is 0 Å². The maximum Gasteiger partial charge on any atom is 0.326 e. The van der Waals surface area contributed by atoms with E-state index < -0.39 is 24.8 Å². The van der Waals surface area contributed by atoms with Gasteiger partial charge in [-0.2, -0.15) is 0 Å². The molecule has 0 saturated carbocycles. The van der Waals surface area contributed by atoms with Crippen molar-refractivity contribution in [3.63, 3.8) is 0 Å². The molecule has 1 atom stereocenters. The number of carbonyl (C=O) groups is 1. The van der Waals surface area contributed by atoms with Crippen molar-refractivity contribution in [2.24, 2.45) is 5.41 Å². The SMILES string of the molecule is CCC(CC)(CP(=O)(O)O)C(OC(C)C)(C(=O)c1ccccc1)c1ccccc1. The lowest BCUT2D eigenvalue weighted by Gasteiger charge is -2.50. The lowest BCUT2D eigenvalue weighted by atomic mass is 9.62. The zero-order chi connectivity index (χ0) is 21.7. The van der Waals surface area contributed by atoms with Gasteiger partial charge in [0.05, 0.1) is 12.3 Å². The molecular weight excluding hydrogens is 387 g/mol. The third kappa shape index (κ3) is 4.87. The average molecular weight is 418 g/mol. The third-order valence-electron chi connectivity index (χ3n) is 5.56. The Bertz CT molecular complexity index is 840. The maximum atomic E-state index is 14.1. The van der Waals surface area contributed by atoms with Gasteiger partial charge in [0.2, 0.25) is 0 Å². The van der Waals surface area contributed by atoms with Crippen molar-refractivity contribution in [3.05, 3.63) is 71.8 Å². The van der Waals surface area contributed by atoms with E-state index in [0.717, 1.165) is 0 Å². The Morgan fingerprint density at radius 3 is 1.86 bits per heavy atom. The van der Waals surface area contributed by atoms with Crippen LogP contribution in [-0.4, -0.2) is 27.8 Å². The molecule has 0 aliphatic heterocycles. The summed E-state index contributed by atoms with van der Waals surface area (Å²) in [6.45, 7) is 7.39. The summed E-state index contributed by atoms with van der Waals surface area (Å²) in [7, 11) is -4.44. The van der Waals surface area contributed by atoms with Gasteiger partial charge in [-0.3, -0.25) is 9.36 Å². The van der Waals surface area contributed by atoms with E-state index in [1.54, 1.807) is 24.3 Å². The van der Waals surface area contributed by atoms with Gasteiger partial charge in [-0.25, -0.2) is 0 Å². The second-order valence-corrected chi connectivity index (χ2v) is 9.36. The Balaban J connectivity index is 2.90. The molecule has 0 saturated heterocycles. The highest BCUT2D eigenvalue weighted by Crippen LogP contribution is 2.57. The number of rotatable bonds is 10. The van der Waals surface area contributed by atoms with Gasteiger partial charge in [0.1, 0.15) is 0 Å². The molecule has 1 unspecified atom stereocenters. The number of hydrogen-bond donors (Lipinski definition) is 2. The van der Waals surface area contributed by atoms with Crippen LogP contribution in [0.25, 0.3) is 0 Å². The lowest BCUT2D eigenvalue weighted by molar-refractivity contribution is -0.133. The van der Waals surface area contributed by atoms with E-state index >= 15 is 0 Å². The summed E-state index contributed by atoms with van der Waals surface area (Å²) in [5, 5.41) is 0. The summed E-state index contributed by atoms with van der Waals surface area (Å²) in [5.41, 5.74) is -1.56. The Hall–Kier alpha value is -1.78. The van der Waals surface area contributed by atoms with E-state index in [4.69, 9.17) is 4.74 Å². The predicted octanol–water partition coefficient (Wildman–Crippen LogP) is 5.17. The normalized spacial score (nSPS) is 14.6. The van der Waals surface area contributed by atoms with Gasteiger partial charge in [-0.05, 0) is 32.3 Å². The van der Waals surface area contributed by atoms with Gasteiger partial charge in [0.15, 0.2) is 11.4 Å². The number of Topliss-reactive ketones (excluding diaryl/α,β-unsaturated/α-hetero) is 1. The molecule has 0 heterocycles. The number of ketones is 1. The predicted molar refractivity (Wildman–Crippen MR) is 115 cm³/mol. The Morgan fingerprint density at radius 1 is 0.966 bits per heavy atom. The monoisotopic (exact) mass is 418 g/mol. The second-order valence-electron chi connectivity index (χ2n) is 7.72. The maximum absolute atomic E-state index is 14.1. The minimum atomic E-state index is -4.44. The standard InChI is InChI=1S/C23H31O5P/c1-5-22(6-2,17-29(25,26)27)23(28-18(3)4,20-15-11-8-12-16-20)21(24)19-13-9-7-10-14-19/h7-16,18H,5-6,17H2,1-4H3,(H2,25,26,27). The van der Waals surface area contributed by atoms with Crippen LogP contribution in [0.2, 0.25) is 0 Å². The van der Waals surface area contributed by atoms with Crippen LogP contribution in [0.4, 0.5) is 0 Å². The fraction of sp³-hybridized carbons (Fsp3) is 0.435. The van der Waals surface area contributed by atoms with E-state index in [-0.39, 0.29) is 11.9 Å². The van der Waals surface area contributed by atoms with E-state index in [1.165, 1.54) is 0 Å². The fourth-order valence-corrected chi connectivity index (χ4v) is 5.68. The van der Waals surface area contributed by atoms with Crippen LogP contribution < -0.4 is 0 Å². The molecule has 0 radical (unpaired) electrons. The molecule has 5 nitrogen and oxygen atoms in total. The summed E-state index contributed by atoms with van der Waals surface area (Å²) < 4.78 is 18.7. The summed E-state index contributed by atoms with van der Waals surface area (Å²) in [6, 6.07) is 17.9. The van der Waals surface area contributed by atoms with Crippen molar-refractivity contribution < 1.29 is 23.9 Å². The average Bonchev–Trinajstić information content (AvgIpc) is 2.70. The molecular formula is C23H31O5P. The van der Waals surface area contributed by atoms with Crippen LogP contribution in [0.3, 0.4) is 0 Å². The number of hydrogen-bond acceptors (Lipinski definition) is 3. The molecule has 0 bridgehead atoms. The zero-order valence-corrected chi connectivity index (χ0v) is 18.4. The lowest BCUT2D eigenvalue weighted by Crippen LogP contribution is -2.56. The highest BCUT2D eigenvalue weighted by molar-refractivity contribution is 7.51. The molecule has 6 heteroatoms. The molecule has 2 aromatic carbocycles. The highest BCUT2D eigenvalue weighted by Gasteiger charge is 2.59. The molecule has 0 aliphatic rings. The van der Waals surface area contributed by atoms with E-state index in [1.807, 2.05) is 64.1 Å². The van der Waals surface area contributed by atoms with Crippen LogP contribution in [0.1, 0.15) is 56.5 Å². The zero-order valence-electron chi connectivity index (χ0n) is 17.5. The molecule has 0 spiro atoms. The van der Waals surface area contributed by atoms with E-state index in [0.29, 0.717) is 24.0 Å². The second kappa shape index (κ2) is 9.36. The number of carbonyl (C=O) groups excluding carboxylic acids is 1. The minimum Gasteiger partial charge on any atom is -0.359 e. The summed E-state index contributed by atoms with van der Waals surface area (Å²) in [5.74, 6) is -0.282. The molecule has 0 fully saturated rings. The summed E-state index contributed by atoms with van der Waals surface area (Å²) in [4.78, 5) is 34.0. The molecule has 0 amide bonds. The third-order valence-corrected chi connectivity index (χ3v) is 6.57. The Morgan fingerprint density at radius 2 is 1.45 bits per heavy atom. The first kappa shape index (κ1) is 23.5. The van der Waals surface area contributed by atoms with Crippen molar-refractivity contribution in [1.29, 1.82) is 0 Å². The summed E-state index contributed by atoms with van der Waals surface area (Å²) in [6.07, 6.45) is -0.0336. The van der Waals surface area contributed by atoms with Gasteiger partial charge < -0.3 is 14.5 Å². The highest BCUT2D eigenvalue weighted by atomic mass is 31.2. The first-order valence-corrected chi connectivity index (χ1v) is 11.8. The van der Waals surface area contributed by atoms with Gasteiger partial charge in [-0.15, -0.1) is 0 Å². The first-order valence-electron chi connectivity index (χ1n) is 9.99. The largest absolute Gasteiger partial charge is 0.359 e. The van der Waals surface area contributed by atoms with Gasteiger partial charge >= 0.3 is 7.60 Å². The van der Waals surface area contributed by atoms with E-state index in [9.17, 15) is 19.1 Å². The number of benzene rings is 2. The van der Waals surface area contributed by atoms with Gasteiger partial charge in [0.25, 0.3) is 0 Å². The molecule has 0 aromatic heterocycles.